The van der Waals surface area contributed by atoms with Crippen LogP contribution >= 0.6 is 12.2 Å². The minimum Gasteiger partial charge on any atom is -0.493 e. The van der Waals surface area contributed by atoms with E-state index in [0.29, 0.717) is 18.3 Å². The number of nitrogens with two attached hydrogens (primary N) is 1. The second kappa shape index (κ2) is 6.92. The SMILES string of the molecule is CCCC(C)COc1ccc(C(F)(F)F)c(C(N)=S)c1. The molecule has 0 heterocycles. The number of alkyl halides is 3. The first-order valence-electron chi connectivity index (χ1n) is 6.39. The Hall–Kier alpha value is -1.30. The molecular formula is C14H18F3NOS. The van der Waals surface area contributed by atoms with Crippen LogP contribution < -0.4 is 10.5 Å². The van der Waals surface area contributed by atoms with Crippen LogP contribution in [0.5, 0.6) is 5.75 Å². The largest absolute Gasteiger partial charge is 0.493 e. The molecule has 2 N–H and O–H groups in total. The summed E-state index contributed by atoms with van der Waals surface area (Å²) in [5, 5.41) is 0. The monoisotopic (exact) mass is 305 g/mol. The van der Waals surface area contributed by atoms with Gasteiger partial charge in [-0.05, 0) is 30.5 Å². The van der Waals surface area contributed by atoms with E-state index in [1.807, 2.05) is 6.92 Å². The quantitative estimate of drug-likeness (QED) is 0.802. The Morgan fingerprint density at radius 3 is 2.55 bits per heavy atom. The normalized spacial score (nSPS) is 13.1. The predicted molar refractivity (Wildman–Crippen MR) is 76.9 cm³/mol. The standard InChI is InChI=1S/C14H18F3NOS/c1-3-4-9(2)8-19-10-5-6-12(14(15,16)17)11(7-10)13(18)20/h5-7,9H,3-4,8H2,1-2H3,(H2,18,20). The zero-order chi connectivity index (χ0) is 15.3. The smallest absolute Gasteiger partial charge is 0.417 e. The van der Waals surface area contributed by atoms with E-state index in [4.69, 9.17) is 10.5 Å². The van der Waals surface area contributed by atoms with Crippen LogP contribution in [0, 0.1) is 5.92 Å². The molecule has 2 nitrogen and oxygen atoms in total. The van der Waals surface area contributed by atoms with Crippen LogP contribution in [0.2, 0.25) is 0 Å². The van der Waals surface area contributed by atoms with Gasteiger partial charge in [0.25, 0.3) is 0 Å². The van der Waals surface area contributed by atoms with Crippen LogP contribution in [0.25, 0.3) is 0 Å². The Morgan fingerprint density at radius 1 is 1.40 bits per heavy atom. The third-order valence-corrected chi connectivity index (χ3v) is 3.10. The van der Waals surface area contributed by atoms with Crippen molar-refractivity contribution in [3.63, 3.8) is 0 Å². The lowest BCUT2D eigenvalue weighted by Crippen LogP contribution is -2.18. The van der Waals surface area contributed by atoms with Crippen LogP contribution in [0.15, 0.2) is 18.2 Å². The lowest BCUT2D eigenvalue weighted by molar-refractivity contribution is -0.137. The van der Waals surface area contributed by atoms with Crippen molar-refractivity contribution in [3.05, 3.63) is 29.3 Å². The van der Waals surface area contributed by atoms with Crippen LogP contribution in [-0.2, 0) is 6.18 Å². The highest BCUT2D eigenvalue weighted by Crippen LogP contribution is 2.33. The van der Waals surface area contributed by atoms with Crippen LogP contribution in [0.1, 0.15) is 37.8 Å². The van der Waals surface area contributed by atoms with E-state index in [2.05, 4.69) is 19.1 Å². The maximum atomic E-state index is 12.8. The first-order chi connectivity index (χ1) is 9.25. The van der Waals surface area contributed by atoms with Gasteiger partial charge in [0, 0.05) is 5.56 Å². The molecule has 0 radical (unpaired) electrons. The summed E-state index contributed by atoms with van der Waals surface area (Å²) < 4.78 is 43.9. The summed E-state index contributed by atoms with van der Waals surface area (Å²) in [6.07, 6.45) is -2.44. The zero-order valence-corrected chi connectivity index (χ0v) is 12.3. The molecule has 0 saturated carbocycles. The van der Waals surface area contributed by atoms with Crippen molar-refractivity contribution < 1.29 is 17.9 Å². The number of rotatable bonds is 6. The maximum Gasteiger partial charge on any atom is 0.417 e. The van der Waals surface area contributed by atoms with E-state index in [0.717, 1.165) is 18.9 Å². The van der Waals surface area contributed by atoms with E-state index in [1.54, 1.807) is 0 Å². The number of hydrogen-bond acceptors (Lipinski definition) is 2. The van der Waals surface area contributed by atoms with Gasteiger partial charge in [0.15, 0.2) is 0 Å². The molecule has 1 atom stereocenters. The Balaban J connectivity index is 2.91. The predicted octanol–water partition coefficient (Wildman–Crippen LogP) is 4.15. The zero-order valence-electron chi connectivity index (χ0n) is 11.5. The summed E-state index contributed by atoms with van der Waals surface area (Å²) in [6, 6.07) is 3.50. The lowest BCUT2D eigenvalue weighted by atomic mass is 10.1. The fraction of sp³-hybridized carbons (Fsp3) is 0.500. The fourth-order valence-corrected chi connectivity index (χ4v) is 2.05. The molecule has 20 heavy (non-hydrogen) atoms. The van der Waals surface area contributed by atoms with Gasteiger partial charge in [-0.25, -0.2) is 0 Å². The highest BCUT2D eigenvalue weighted by molar-refractivity contribution is 7.80. The van der Waals surface area contributed by atoms with Crippen molar-refractivity contribution in [2.24, 2.45) is 11.7 Å². The number of hydrogen-bond donors (Lipinski definition) is 1. The van der Waals surface area contributed by atoms with Gasteiger partial charge in [-0.3, -0.25) is 0 Å². The molecule has 1 aromatic carbocycles. The maximum absolute atomic E-state index is 12.8. The minimum absolute atomic E-state index is 0.201. The third kappa shape index (κ3) is 4.67. The van der Waals surface area contributed by atoms with Crippen LogP contribution in [0.4, 0.5) is 13.2 Å². The third-order valence-electron chi connectivity index (χ3n) is 2.88. The number of ether oxygens (including phenoxy) is 1. The van der Waals surface area contributed by atoms with Crippen molar-refractivity contribution in [3.8, 4) is 5.75 Å². The van der Waals surface area contributed by atoms with Gasteiger partial charge in [0.1, 0.15) is 10.7 Å². The minimum atomic E-state index is -4.48. The van der Waals surface area contributed by atoms with E-state index in [9.17, 15) is 13.2 Å². The van der Waals surface area contributed by atoms with Crippen LogP contribution in [0.3, 0.4) is 0 Å². The molecule has 0 amide bonds. The van der Waals surface area contributed by atoms with E-state index in [-0.39, 0.29) is 10.6 Å². The van der Waals surface area contributed by atoms with E-state index in [1.165, 1.54) is 12.1 Å². The van der Waals surface area contributed by atoms with Crippen molar-refractivity contribution in [2.45, 2.75) is 32.9 Å². The summed E-state index contributed by atoms with van der Waals surface area (Å²) in [4.78, 5) is -0.288. The molecule has 0 spiro atoms. The molecule has 0 aliphatic carbocycles. The fourth-order valence-electron chi connectivity index (χ4n) is 1.88. The van der Waals surface area contributed by atoms with Gasteiger partial charge in [0.2, 0.25) is 0 Å². The highest BCUT2D eigenvalue weighted by atomic mass is 32.1. The Kier molecular flexibility index (Phi) is 5.80. The van der Waals surface area contributed by atoms with E-state index < -0.39 is 11.7 Å². The molecular weight excluding hydrogens is 287 g/mol. The number of thiocarbonyl (C=S) groups is 1. The summed E-state index contributed by atoms with van der Waals surface area (Å²) >= 11 is 4.68. The molecule has 0 aliphatic rings. The topological polar surface area (TPSA) is 35.2 Å². The molecule has 0 saturated heterocycles. The lowest BCUT2D eigenvalue weighted by Gasteiger charge is -2.16. The summed E-state index contributed by atoms with van der Waals surface area (Å²) in [6.45, 7) is 4.55. The Labute approximate surface area is 122 Å². The molecule has 0 bridgehead atoms. The first-order valence-corrected chi connectivity index (χ1v) is 6.80. The van der Waals surface area contributed by atoms with Crippen molar-refractivity contribution in [1.29, 1.82) is 0 Å². The van der Waals surface area contributed by atoms with Gasteiger partial charge in [-0.1, -0.05) is 32.5 Å². The number of benzene rings is 1. The van der Waals surface area contributed by atoms with Gasteiger partial charge in [-0.2, -0.15) is 13.2 Å². The van der Waals surface area contributed by atoms with Crippen molar-refractivity contribution in [1.82, 2.24) is 0 Å². The van der Waals surface area contributed by atoms with Crippen molar-refractivity contribution >= 4 is 17.2 Å². The van der Waals surface area contributed by atoms with E-state index >= 15 is 0 Å². The number of halogens is 3. The van der Waals surface area contributed by atoms with Crippen LogP contribution in [-0.4, -0.2) is 11.6 Å². The Morgan fingerprint density at radius 2 is 2.05 bits per heavy atom. The molecule has 0 aromatic heterocycles. The summed E-state index contributed by atoms with van der Waals surface area (Å²) in [5.74, 6) is 0.694. The molecule has 1 rings (SSSR count). The Bertz CT molecular complexity index is 474. The van der Waals surface area contributed by atoms with Crippen molar-refractivity contribution in [2.75, 3.05) is 6.61 Å². The highest BCUT2D eigenvalue weighted by Gasteiger charge is 2.34. The molecule has 0 fully saturated rings. The molecule has 1 unspecified atom stereocenters. The average Bonchev–Trinajstić information content (AvgIpc) is 2.35. The first kappa shape index (κ1) is 16.8. The average molecular weight is 305 g/mol. The molecule has 1 aromatic rings. The molecule has 6 heteroatoms. The van der Waals surface area contributed by atoms with Gasteiger partial charge in [-0.15, -0.1) is 0 Å². The second-order valence-corrected chi connectivity index (χ2v) is 5.21. The summed E-state index contributed by atoms with van der Waals surface area (Å²) in [7, 11) is 0. The molecule has 0 aliphatic heterocycles. The summed E-state index contributed by atoms with van der Waals surface area (Å²) in [5.41, 5.74) is 4.32. The van der Waals surface area contributed by atoms with Gasteiger partial charge >= 0.3 is 6.18 Å². The van der Waals surface area contributed by atoms with Gasteiger partial charge in [0.05, 0.1) is 12.2 Å². The molecule has 112 valence electrons. The second-order valence-electron chi connectivity index (χ2n) is 4.77. The van der Waals surface area contributed by atoms with Gasteiger partial charge < -0.3 is 10.5 Å².